The molecule has 1 aliphatic rings. The zero-order valence-corrected chi connectivity index (χ0v) is 9.20. The van der Waals surface area contributed by atoms with Gasteiger partial charge in [0.1, 0.15) is 15.2 Å². The minimum atomic E-state index is -2.86. The molecule has 0 saturated heterocycles. The summed E-state index contributed by atoms with van der Waals surface area (Å²) in [6.07, 6.45) is 4.46. The highest BCUT2D eigenvalue weighted by atomic mass is 32.2. The van der Waals surface area contributed by atoms with Gasteiger partial charge in [-0.05, 0) is 37.4 Å². The topological polar surface area (TPSA) is 57.9 Å². The van der Waals surface area contributed by atoms with Gasteiger partial charge in [0.05, 0.1) is 5.25 Å². The van der Waals surface area contributed by atoms with Crippen molar-refractivity contribution < 1.29 is 8.42 Å². The third-order valence-electron chi connectivity index (χ3n) is 2.45. The van der Waals surface area contributed by atoms with Crippen molar-refractivity contribution in [3.63, 3.8) is 0 Å². The predicted molar refractivity (Wildman–Crippen MR) is 54.1 cm³/mol. The number of thiocyanates is 1. The summed E-state index contributed by atoms with van der Waals surface area (Å²) >= 11 is 1.28. The molecule has 74 valence electrons. The highest BCUT2D eigenvalue weighted by Crippen LogP contribution is 2.30. The summed E-state index contributed by atoms with van der Waals surface area (Å²) in [7, 11) is -2.86. The van der Waals surface area contributed by atoms with Crippen molar-refractivity contribution in [3.05, 3.63) is 0 Å². The van der Waals surface area contributed by atoms with Crippen LogP contribution in [0.2, 0.25) is 0 Å². The molecule has 0 aromatic rings. The number of nitrogens with zero attached hydrogens (tertiary/aromatic N) is 1. The van der Waals surface area contributed by atoms with Crippen molar-refractivity contribution in [1.29, 1.82) is 5.26 Å². The quantitative estimate of drug-likeness (QED) is 0.661. The van der Waals surface area contributed by atoms with Crippen LogP contribution in [0.25, 0.3) is 0 Å². The van der Waals surface area contributed by atoms with Gasteiger partial charge in [-0.15, -0.1) is 0 Å². The molecule has 1 fully saturated rings. The van der Waals surface area contributed by atoms with Crippen LogP contribution < -0.4 is 0 Å². The Morgan fingerprint density at radius 2 is 1.85 bits per heavy atom. The second kappa shape index (κ2) is 4.34. The van der Waals surface area contributed by atoms with Crippen LogP contribution in [0.1, 0.15) is 25.7 Å². The van der Waals surface area contributed by atoms with E-state index in [9.17, 15) is 8.42 Å². The van der Waals surface area contributed by atoms with E-state index in [1.807, 2.05) is 0 Å². The molecule has 13 heavy (non-hydrogen) atoms. The van der Waals surface area contributed by atoms with Crippen molar-refractivity contribution in [2.75, 3.05) is 6.26 Å². The third kappa shape index (κ3) is 3.20. The van der Waals surface area contributed by atoms with Crippen molar-refractivity contribution in [2.45, 2.75) is 36.2 Å². The van der Waals surface area contributed by atoms with Crippen LogP contribution >= 0.6 is 11.8 Å². The molecule has 0 amide bonds. The first kappa shape index (κ1) is 10.9. The predicted octanol–water partition coefficient (Wildman–Crippen LogP) is 1.56. The monoisotopic (exact) mass is 219 g/mol. The molecule has 1 saturated carbocycles. The van der Waals surface area contributed by atoms with Gasteiger partial charge in [0.25, 0.3) is 0 Å². The van der Waals surface area contributed by atoms with Crippen molar-refractivity contribution >= 4 is 21.6 Å². The molecule has 1 rings (SSSR count). The van der Waals surface area contributed by atoms with Gasteiger partial charge in [0, 0.05) is 11.5 Å². The Hall–Kier alpha value is -0.210. The molecular formula is C8H13NO2S2. The second-order valence-electron chi connectivity index (χ2n) is 3.44. The second-order valence-corrected chi connectivity index (χ2v) is 6.85. The fourth-order valence-corrected chi connectivity index (χ4v) is 3.44. The van der Waals surface area contributed by atoms with E-state index in [2.05, 4.69) is 5.40 Å². The highest BCUT2D eigenvalue weighted by molar-refractivity contribution is 8.04. The van der Waals surface area contributed by atoms with Gasteiger partial charge >= 0.3 is 0 Å². The fraction of sp³-hybridized carbons (Fsp3) is 0.875. The fourth-order valence-electron chi connectivity index (χ4n) is 1.65. The van der Waals surface area contributed by atoms with Gasteiger partial charge < -0.3 is 0 Å². The number of sulfone groups is 1. The summed E-state index contributed by atoms with van der Waals surface area (Å²) in [6.45, 7) is 0. The van der Waals surface area contributed by atoms with Gasteiger partial charge in [-0.1, -0.05) is 0 Å². The van der Waals surface area contributed by atoms with Gasteiger partial charge in [0.2, 0.25) is 0 Å². The largest absolute Gasteiger partial charge is 0.229 e. The molecule has 0 radical (unpaired) electrons. The van der Waals surface area contributed by atoms with E-state index in [1.165, 1.54) is 18.0 Å². The molecule has 1 aliphatic carbocycles. The lowest BCUT2D eigenvalue weighted by Gasteiger charge is -2.24. The Labute approximate surface area is 83.4 Å². The van der Waals surface area contributed by atoms with E-state index in [0.29, 0.717) is 5.25 Å². The van der Waals surface area contributed by atoms with Crippen molar-refractivity contribution in [3.8, 4) is 5.40 Å². The maximum absolute atomic E-state index is 11.2. The molecule has 0 atom stereocenters. The minimum Gasteiger partial charge on any atom is -0.229 e. The number of thioether (sulfide) groups is 1. The zero-order valence-electron chi connectivity index (χ0n) is 7.56. The Morgan fingerprint density at radius 1 is 1.31 bits per heavy atom. The lowest BCUT2D eigenvalue weighted by molar-refractivity contribution is 0.496. The normalized spacial score (nSPS) is 29.5. The summed E-state index contributed by atoms with van der Waals surface area (Å²) in [5.74, 6) is 0. The Morgan fingerprint density at radius 3 is 2.23 bits per heavy atom. The van der Waals surface area contributed by atoms with Gasteiger partial charge in [-0.3, -0.25) is 0 Å². The highest BCUT2D eigenvalue weighted by Gasteiger charge is 2.27. The molecular weight excluding hydrogens is 206 g/mol. The van der Waals surface area contributed by atoms with E-state index in [0.717, 1.165) is 25.7 Å². The van der Waals surface area contributed by atoms with Crippen LogP contribution in [-0.2, 0) is 9.84 Å². The summed E-state index contributed by atoms with van der Waals surface area (Å²) in [5, 5.41) is 10.7. The van der Waals surface area contributed by atoms with Crippen LogP contribution in [0, 0.1) is 10.7 Å². The number of rotatable bonds is 2. The first-order chi connectivity index (χ1) is 6.04. The maximum Gasteiger partial charge on any atom is 0.150 e. The van der Waals surface area contributed by atoms with Crippen molar-refractivity contribution in [1.82, 2.24) is 0 Å². The zero-order chi connectivity index (χ0) is 9.90. The first-order valence-corrected chi connectivity index (χ1v) is 7.11. The molecule has 0 unspecified atom stereocenters. The van der Waals surface area contributed by atoms with Gasteiger partial charge in [-0.2, -0.15) is 5.26 Å². The van der Waals surface area contributed by atoms with Gasteiger partial charge in [-0.25, -0.2) is 8.42 Å². The first-order valence-electron chi connectivity index (χ1n) is 4.27. The molecule has 3 nitrogen and oxygen atoms in total. The summed E-state index contributed by atoms with van der Waals surface area (Å²) in [5.41, 5.74) is 0. The Kier molecular flexibility index (Phi) is 3.63. The lowest BCUT2D eigenvalue weighted by atomic mass is 10.00. The molecule has 0 aliphatic heterocycles. The Bertz CT molecular complexity index is 297. The molecule has 5 heteroatoms. The van der Waals surface area contributed by atoms with E-state index in [-0.39, 0.29) is 5.25 Å². The van der Waals surface area contributed by atoms with E-state index in [4.69, 9.17) is 5.26 Å². The van der Waals surface area contributed by atoms with E-state index in [1.54, 1.807) is 0 Å². The molecule has 0 aromatic heterocycles. The van der Waals surface area contributed by atoms with Crippen molar-refractivity contribution in [2.24, 2.45) is 0 Å². The average Bonchev–Trinajstić information content (AvgIpc) is 2.04. The van der Waals surface area contributed by atoms with Crippen LogP contribution in [0.15, 0.2) is 0 Å². The van der Waals surface area contributed by atoms with E-state index < -0.39 is 9.84 Å². The van der Waals surface area contributed by atoms with Gasteiger partial charge in [0.15, 0.2) is 0 Å². The van der Waals surface area contributed by atoms with Crippen LogP contribution in [-0.4, -0.2) is 25.2 Å². The molecule has 0 aromatic carbocycles. The van der Waals surface area contributed by atoms with E-state index >= 15 is 0 Å². The summed E-state index contributed by atoms with van der Waals surface area (Å²) in [4.78, 5) is 0. The molecule has 0 N–H and O–H groups in total. The third-order valence-corrected chi connectivity index (χ3v) is 5.04. The standard InChI is InChI=1S/C8H13NO2S2/c1-13(10,11)8-4-2-7(3-5-8)12-6-9/h7-8H,2-5H2,1H3/t7-,8+. The smallest absolute Gasteiger partial charge is 0.150 e. The molecule has 0 heterocycles. The summed E-state index contributed by atoms with van der Waals surface area (Å²) < 4.78 is 22.4. The molecule has 0 spiro atoms. The average molecular weight is 219 g/mol. The van der Waals surface area contributed by atoms with Crippen LogP contribution in [0.5, 0.6) is 0 Å². The van der Waals surface area contributed by atoms with Crippen LogP contribution in [0.3, 0.4) is 0 Å². The minimum absolute atomic E-state index is 0.164. The SMILES string of the molecule is CS(=O)(=O)[C@H]1CC[C@@H](SC#N)CC1. The number of nitriles is 1. The Balaban J connectivity index is 2.45. The van der Waals surface area contributed by atoms with Crippen LogP contribution in [0.4, 0.5) is 0 Å². The summed E-state index contributed by atoms with van der Waals surface area (Å²) in [6, 6.07) is 0. The lowest BCUT2D eigenvalue weighted by Crippen LogP contribution is -2.26. The number of hydrogen-bond acceptors (Lipinski definition) is 4. The molecule has 0 bridgehead atoms. The number of hydrogen-bond donors (Lipinski definition) is 0. The maximum atomic E-state index is 11.2.